The fourth-order valence-electron chi connectivity index (χ4n) is 1.85. The first-order valence-corrected chi connectivity index (χ1v) is 6.63. The van der Waals surface area contributed by atoms with Crippen molar-refractivity contribution in [3.05, 3.63) is 47.8 Å². The number of imide groups is 1. The summed E-state index contributed by atoms with van der Waals surface area (Å²) in [5.41, 5.74) is 6.99. The minimum absolute atomic E-state index is 0.0436. The largest absolute Gasteiger partial charge is 0.330 e. The lowest BCUT2D eigenvalue weighted by molar-refractivity contribution is -0.130. The predicted molar refractivity (Wildman–Crippen MR) is 76.1 cm³/mol. The zero-order valence-corrected chi connectivity index (χ0v) is 11.5. The van der Waals surface area contributed by atoms with Gasteiger partial charge in [-0.3, -0.25) is 14.9 Å². The van der Waals surface area contributed by atoms with Gasteiger partial charge in [-0.25, -0.2) is 4.68 Å². The van der Waals surface area contributed by atoms with Gasteiger partial charge < -0.3 is 5.73 Å². The monoisotopic (exact) mass is 287 g/mol. The van der Waals surface area contributed by atoms with Gasteiger partial charge in [-0.1, -0.05) is 35.5 Å². The van der Waals surface area contributed by atoms with Crippen molar-refractivity contribution < 1.29 is 9.59 Å². The van der Waals surface area contributed by atoms with E-state index in [1.165, 1.54) is 4.68 Å². The Kier molecular flexibility index (Phi) is 5.16. The second kappa shape index (κ2) is 7.30. The van der Waals surface area contributed by atoms with Crippen molar-refractivity contribution >= 4 is 11.8 Å². The molecule has 0 saturated carbocycles. The number of carbonyl (C=O) groups is 2. The lowest BCUT2D eigenvalue weighted by Gasteiger charge is -2.04. The summed E-state index contributed by atoms with van der Waals surface area (Å²) >= 11 is 0. The molecule has 0 unspecified atom stereocenters. The molecular weight excluding hydrogens is 270 g/mol. The maximum Gasteiger partial charge on any atom is 0.248 e. The van der Waals surface area contributed by atoms with E-state index in [2.05, 4.69) is 15.6 Å². The average molecular weight is 287 g/mol. The van der Waals surface area contributed by atoms with Crippen molar-refractivity contribution in [1.29, 1.82) is 0 Å². The number of hydrogen-bond donors (Lipinski definition) is 2. The number of amides is 2. The third-order valence-electron chi connectivity index (χ3n) is 2.78. The van der Waals surface area contributed by atoms with Gasteiger partial charge in [0.2, 0.25) is 11.8 Å². The van der Waals surface area contributed by atoms with E-state index in [-0.39, 0.29) is 18.9 Å². The van der Waals surface area contributed by atoms with Crippen LogP contribution in [0.15, 0.2) is 36.5 Å². The quantitative estimate of drug-likeness (QED) is 0.757. The van der Waals surface area contributed by atoms with E-state index in [0.29, 0.717) is 13.0 Å². The molecule has 0 saturated heterocycles. The Balaban J connectivity index is 1.82. The topological polar surface area (TPSA) is 103 Å². The zero-order chi connectivity index (χ0) is 15.1. The molecule has 2 aromatic rings. The van der Waals surface area contributed by atoms with Crippen LogP contribution in [0, 0.1) is 0 Å². The number of nitrogens with one attached hydrogen (secondary N) is 1. The molecule has 1 aromatic carbocycles. The van der Waals surface area contributed by atoms with Crippen LogP contribution >= 0.6 is 0 Å². The molecule has 0 aliphatic carbocycles. The van der Waals surface area contributed by atoms with E-state index in [1.807, 2.05) is 30.3 Å². The highest BCUT2D eigenvalue weighted by Crippen LogP contribution is 1.99. The van der Waals surface area contributed by atoms with E-state index in [4.69, 9.17) is 5.73 Å². The van der Waals surface area contributed by atoms with Crippen LogP contribution in [0.4, 0.5) is 0 Å². The zero-order valence-electron chi connectivity index (χ0n) is 11.5. The van der Waals surface area contributed by atoms with Gasteiger partial charge in [-0.2, -0.15) is 0 Å². The summed E-state index contributed by atoms with van der Waals surface area (Å²) in [7, 11) is 0. The number of nitrogens with two attached hydrogens (primary N) is 1. The van der Waals surface area contributed by atoms with Crippen LogP contribution in [0.2, 0.25) is 0 Å². The van der Waals surface area contributed by atoms with Gasteiger partial charge in [0.25, 0.3) is 0 Å². The number of carbonyl (C=O) groups excluding carboxylic acids is 2. The highest BCUT2D eigenvalue weighted by Gasteiger charge is 2.10. The average Bonchev–Trinajstić information content (AvgIpc) is 2.87. The van der Waals surface area contributed by atoms with Crippen molar-refractivity contribution in [2.45, 2.75) is 19.4 Å². The molecule has 0 aliphatic heterocycles. The minimum atomic E-state index is -0.417. The van der Waals surface area contributed by atoms with Crippen LogP contribution in [-0.4, -0.2) is 33.4 Å². The van der Waals surface area contributed by atoms with Crippen molar-refractivity contribution in [3.63, 3.8) is 0 Å². The smallest absolute Gasteiger partial charge is 0.248 e. The second-order valence-corrected chi connectivity index (χ2v) is 4.58. The molecule has 0 radical (unpaired) electrons. The number of benzene rings is 1. The summed E-state index contributed by atoms with van der Waals surface area (Å²) in [6.45, 7) is 0.429. The van der Waals surface area contributed by atoms with Gasteiger partial charge in [0.1, 0.15) is 6.54 Å². The van der Waals surface area contributed by atoms with Crippen LogP contribution in [0.25, 0.3) is 0 Å². The molecule has 110 valence electrons. The third-order valence-corrected chi connectivity index (χ3v) is 2.78. The van der Waals surface area contributed by atoms with E-state index in [9.17, 15) is 9.59 Å². The van der Waals surface area contributed by atoms with Crippen molar-refractivity contribution in [3.8, 4) is 0 Å². The molecule has 2 amide bonds. The number of nitrogens with zero attached hydrogens (tertiary/aromatic N) is 3. The molecule has 3 N–H and O–H groups in total. The van der Waals surface area contributed by atoms with Gasteiger partial charge in [0, 0.05) is 12.6 Å². The Labute approximate surface area is 122 Å². The van der Waals surface area contributed by atoms with Crippen LogP contribution in [-0.2, 0) is 29.0 Å². The van der Waals surface area contributed by atoms with E-state index in [1.54, 1.807) is 6.20 Å². The minimum Gasteiger partial charge on any atom is -0.330 e. The first-order chi connectivity index (χ1) is 10.2. The second-order valence-electron chi connectivity index (χ2n) is 4.58. The number of hydrogen-bond acceptors (Lipinski definition) is 5. The van der Waals surface area contributed by atoms with Gasteiger partial charge >= 0.3 is 0 Å². The lowest BCUT2D eigenvalue weighted by Crippen LogP contribution is -2.34. The SMILES string of the molecule is NCCc1cn(CC(=O)NC(=O)Cc2ccccc2)nn1. The molecule has 7 nitrogen and oxygen atoms in total. The Morgan fingerprint density at radius 2 is 1.95 bits per heavy atom. The number of rotatable bonds is 6. The standard InChI is InChI=1S/C14H17N5O2/c15-7-6-12-9-19(18-17-12)10-14(21)16-13(20)8-11-4-2-1-3-5-11/h1-5,9H,6-8,10,15H2,(H,16,20,21). The highest BCUT2D eigenvalue weighted by molar-refractivity contribution is 5.95. The molecular formula is C14H17N5O2. The van der Waals surface area contributed by atoms with Crippen molar-refractivity contribution in [1.82, 2.24) is 20.3 Å². The first kappa shape index (κ1) is 14.9. The first-order valence-electron chi connectivity index (χ1n) is 6.63. The third kappa shape index (κ3) is 4.81. The van der Waals surface area contributed by atoms with Crippen LogP contribution in [0.1, 0.15) is 11.3 Å². The Bertz CT molecular complexity index is 609. The molecule has 0 fully saturated rings. The normalized spacial score (nSPS) is 10.3. The number of aromatic nitrogens is 3. The molecule has 0 bridgehead atoms. The van der Waals surface area contributed by atoms with Gasteiger partial charge in [0.15, 0.2) is 0 Å². The van der Waals surface area contributed by atoms with Gasteiger partial charge in [-0.15, -0.1) is 5.10 Å². The summed E-state index contributed by atoms with van der Waals surface area (Å²) in [5.74, 6) is -0.756. The van der Waals surface area contributed by atoms with E-state index in [0.717, 1.165) is 11.3 Å². The fourth-order valence-corrected chi connectivity index (χ4v) is 1.85. The molecule has 21 heavy (non-hydrogen) atoms. The molecule has 0 atom stereocenters. The van der Waals surface area contributed by atoms with Crippen molar-refractivity contribution in [2.24, 2.45) is 5.73 Å². The van der Waals surface area contributed by atoms with Crippen LogP contribution < -0.4 is 11.1 Å². The van der Waals surface area contributed by atoms with Gasteiger partial charge in [0.05, 0.1) is 12.1 Å². The summed E-state index contributed by atoms with van der Waals surface area (Å²) in [6, 6.07) is 9.23. The lowest BCUT2D eigenvalue weighted by atomic mass is 10.1. The van der Waals surface area contributed by atoms with E-state index >= 15 is 0 Å². The summed E-state index contributed by atoms with van der Waals surface area (Å²) in [4.78, 5) is 23.5. The highest BCUT2D eigenvalue weighted by atomic mass is 16.2. The Hall–Kier alpha value is -2.54. The summed E-state index contributed by atoms with van der Waals surface area (Å²) < 4.78 is 1.39. The molecule has 1 aromatic heterocycles. The fraction of sp³-hybridized carbons (Fsp3) is 0.286. The Morgan fingerprint density at radius 1 is 1.19 bits per heavy atom. The summed E-state index contributed by atoms with van der Waals surface area (Å²) in [6.07, 6.45) is 2.42. The maximum absolute atomic E-state index is 11.7. The van der Waals surface area contributed by atoms with Crippen molar-refractivity contribution in [2.75, 3.05) is 6.54 Å². The maximum atomic E-state index is 11.7. The van der Waals surface area contributed by atoms with Crippen LogP contribution in [0.3, 0.4) is 0 Å². The Morgan fingerprint density at radius 3 is 2.67 bits per heavy atom. The van der Waals surface area contributed by atoms with Gasteiger partial charge in [-0.05, 0) is 12.1 Å². The van der Waals surface area contributed by atoms with Crippen LogP contribution in [0.5, 0.6) is 0 Å². The molecule has 1 heterocycles. The molecule has 0 spiro atoms. The molecule has 7 heteroatoms. The molecule has 0 aliphatic rings. The van der Waals surface area contributed by atoms with E-state index < -0.39 is 5.91 Å². The summed E-state index contributed by atoms with van der Waals surface area (Å²) in [5, 5.41) is 10.0. The molecule has 2 rings (SSSR count). The predicted octanol–water partition coefficient (Wildman–Crippen LogP) is -0.335.